The Morgan fingerprint density at radius 1 is 1.40 bits per heavy atom. The van der Waals surface area contributed by atoms with E-state index in [-0.39, 0.29) is 5.41 Å². The number of rotatable bonds is 2. The van der Waals surface area contributed by atoms with E-state index >= 15 is 0 Å². The third-order valence-corrected chi connectivity index (χ3v) is 3.26. The second-order valence-corrected chi connectivity index (χ2v) is 6.12. The molecule has 0 aromatic carbocycles. The summed E-state index contributed by atoms with van der Waals surface area (Å²) in [5.74, 6) is 1.05. The van der Waals surface area contributed by atoms with Crippen molar-refractivity contribution in [2.75, 3.05) is 0 Å². The van der Waals surface area contributed by atoms with Gasteiger partial charge in [-0.2, -0.15) is 0 Å². The second kappa shape index (κ2) is 4.51. The van der Waals surface area contributed by atoms with Crippen molar-refractivity contribution in [3.05, 3.63) is 11.1 Å². The molecule has 0 spiro atoms. The Balaban J connectivity index is 2.77. The third-order valence-electron chi connectivity index (χ3n) is 3.26. The van der Waals surface area contributed by atoms with Crippen molar-refractivity contribution in [1.29, 1.82) is 0 Å². The van der Waals surface area contributed by atoms with Crippen molar-refractivity contribution in [2.24, 2.45) is 11.3 Å². The van der Waals surface area contributed by atoms with Crippen LogP contribution in [0.3, 0.4) is 0 Å². The molecule has 1 rings (SSSR count). The lowest BCUT2D eigenvalue weighted by Crippen LogP contribution is -2.25. The number of Topliss-reactive ketones (excluding diaryl/α,β-unsaturated/α-hetero) is 1. The first-order valence-electron chi connectivity index (χ1n) is 6.03. The second-order valence-electron chi connectivity index (χ2n) is 6.12. The van der Waals surface area contributed by atoms with E-state index in [4.69, 9.17) is 0 Å². The van der Waals surface area contributed by atoms with Crippen molar-refractivity contribution < 1.29 is 4.79 Å². The first-order chi connectivity index (χ1) is 6.82. The lowest BCUT2D eigenvalue weighted by atomic mass is 9.73. The van der Waals surface area contributed by atoms with Gasteiger partial charge in [0, 0.05) is 6.42 Å². The van der Waals surface area contributed by atoms with Gasteiger partial charge >= 0.3 is 0 Å². The average molecular weight is 208 g/mol. The average Bonchev–Trinajstić information content (AvgIpc) is 1.99. The zero-order chi connectivity index (χ0) is 11.6. The summed E-state index contributed by atoms with van der Waals surface area (Å²) in [5, 5.41) is 0. The first kappa shape index (κ1) is 12.5. The number of hydrogen-bond acceptors (Lipinski definition) is 1. The van der Waals surface area contributed by atoms with Crippen LogP contribution in [0.1, 0.15) is 60.3 Å². The molecule has 86 valence electrons. The lowest BCUT2D eigenvalue weighted by Gasteiger charge is -2.30. The number of ketones is 1. The van der Waals surface area contributed by atoms with Crippen molar-refractivity contribution >= 4 is 5.78 Å². The maximum atomic E-state index is 12.0. The number of carbonyl (C=O) groups excluding carboxylic acids is 1. The van der Waals surface area contributed by atoms with Crippen molar-refractivity contribution in [2.45, 2.75) is 60.3 Å². The quantitative estimate of drug-likeness (QED) is 0.624. The molecular formula is C14H24O. The van der Waals surface area contributed by atoms with Crippen molar-refractivity contribution in [1.82, 2.24) is 0 Å². The minimum Gasteiger partial charge on any atom is -0.295 e. The van der Waals surface area contributed by atoms with Crippen molar-refractivity contribution in [3.8, 4) is 0 Å². The summed E-state index contributed by atoms with van der Waals surface area (Å²) < 4.78 is 0. The van der Waals surface area contributed by atoms with Crippen LogP contribution in [0.5, 0.6) is 0 Å². The van der Waals surface area contributed by atoms with E-state index in [0.29, 0.717) is 11.7 Å². The fraction of sp³-hybridized carbons (Fsp3) is 0.786. The molecule has 0 N–H and O–H groups in total. The molecule has 0 unspecified atom stereocenters. The zero-order valence-corrected chi connectivity index (χ0v) is 10.8. The minimum atomic E-state index is 0.221. The Labute approximate surface area is 93.9 Å². The Hall–Kier alpha value is -0.590. The summed E-state index contributed by atoms with van der Waals surface area (Å²) >= 11 is 0. The number of allylic oxidation sites excluding steroid dienone is 2. The zero-order valence-electron chi connectivity index (χ0n) is 10.8. The molecule has 1 fully saturated rings. The Kier molecular flexibility index (Phi) is 3.75. The van der Waals surface area contributed by atoms with Crippen LogP contribution in [-0.4, -0.2) is 5.78 Å². The lowest BCUT2D eigenvalue weighted by molar-refractivity contribution is -0.118. The van der Waals surface area contributed by atoms with Crippen LogP contribution in [0.2, 0.25) is 0 Å². The van der Waals surface area contributed by atoms with Gasteiger partial charge in [-0.3, -0.25) is 4.79 Å². The van der Waals surface area contributed by atoms with Gasteiger partial charge in [0.15, 0.2) is 5.78 Å². The van der Waals surface area contributed by atoms with Gasteiger partial charge in [0.1, 0.15) is 0 Å². The highest BCUT2D eigenvalue weighted by atomic mass is 16.1. The fourth-order valence-corrected chi connectivity index (χ4v) is 2.42. The smallest absolute Gasteiger partial charge is 0.159 e. The van der Waals surface area contributed by atoms with Gasteiger partial charge in [-0.05, 0) is 43.1 Å². The van der Waals surface area contributed by atoms with Gasteiger partial charge in [0.25, 0.3) is 0 Å². The minimum absolute atomic E-state index is 0.221. The molecule has 0 radical (unpaired) electrons. The molecule has 0 aliphatic heterocycles. The van der Waals surface area contributed by atoms with Crippen molar-refractivity contribution in [3.63, 3.8) is 0 Å². The Morgan fingerprint density at radius 2 is 2.00 bits per heavy atom. The summed E-state index contributed by atoms with van der Waals surface area (Å²) in [6.45, 7) is 10.9. The summed E-state index contributed by atoms with van der Waals surface area (Å²) in [4.78, 5) is 12.0. The van der Waals surface area contributed by atoms with Gasteiger partial charge in [0.2, 0.25) is 0 Å². The largest absolute Gasteiger partial charge is 0.295 e. The highest BCUT2D eigenvalue weighted by Crippen LogP contribution is 2.37. The normalized spacial score (nSPS) is 24.5. The van der Waals surface area contributed by atoms with E-state index in [1.165, 1.54) is 5.57 Å². The molecule has 1 aliphatic rings. The van der Waals surface area contributed by atoms with E-state index in [0.717, 1.165) is 31.3 Å². The fourth-order valence-electron chi connectivity index (χ4n) is 2.42. The summed E-state index contributed by atoms with van der Waals surface area (Å²) in [7, 11) is 0. The highest BCUT2D eigenvalue weighted by Gasteiger charge is 2.30. The molecule has 15 heavy (non-hydrogen) atoms. The summed E-state index contributed by atoms with van der Waals surface area (Å²) in [5.41, 5.74) is 2.67. The predicted octanol–water partition coefficient (Wildman–Crippen LogP) is 4.13. The molecule has 1 saturated carbocycles. The third kappa shape index (κ3) is 3.48. The molecule has 0 atom stereocenters. The Bertz CT molecular complexity index is 282. The number of hydrogen-bond donors (Lipinski definition) is 0. The predicted molar refractivity (Wildman–Crippen MR) is 64.8 cm³/mol. The molecule has 0 aromatic rings. The SMILES string of the molecule is C/C(CC(C)C)=C1\CCC(C)(C)CC1=O. The van der Waals surface area contributed by atoms with E-state index in [1.54, 1.807) is 0 Å². The molecule has 0 heterocycles. The maximum absolute atomic E-state index is 12.0. The molecular weight excluding hydrogens is 184 g/mol. The molecule has 1 aliphatic carbocycles. The first-order valence-corrected chi connectivity index (χ1v) is 6.03. The molecule has 1 heteroatoms. The van der Waals surface area contributed by atoms with E-state index in [2.05, 4.69) is 34.6 Å². The van der Waals surface area contributed by atoms with Crippen LogP contribution in [0.25, 0.3) is 0 Å². The maximum Gasteiger partial charge on any atom is 0.159 e. The van der Waals surface area contributed by atoms with Gasteiger partial charge in [-0.15, -0.1) is 0 Å². The van der Waals surface area contributed by atoms with Gasteiger partial charge in [0.05, 0.1) is 0 Å². The van der Waals surface area contributed by atoms with E-state index in [1.807, 2.05) is 0 Å². The summed E-state index contributed by atoms with van der Waals surface area (Å²) in [6, 6.07) is 0. The summed E-state index contributed by atoms with van der Waals surface area (Å²) in [6.07, 6.45) is 3.95. The van der Waals surface area contributed by atoms with Crippen LogP contribution in [-0.2, 0) is 4.79 Å². The topological polar surface area (TPSA) is 17.1 Å². The Morgan fingerprint density at radius 3 is 2.47 bits per heavy atom. The van der Waals surface area contributed by atoms with Gasteiger partial charge in [-0.25, -0.2) is 0 Å². The van der Waals surface area contributed by atoms with E-state index in [9.17, 15) is 4.79 Å². The van der Waals surface area contributed by atoms with Crippen LogP contribution in [0, 0.1) is 11.3 Å². The van der Waals surface area contributed by atoms with Gasteiger partial charge < -0.3 is 0 Å². The monoisotopic (exact) mass is 208 g/mol. The van der Waals surface area contributed by atoms with Gasteiger partial charge in [-0.1, -0.05) is 33.3 Å². The highest BCUT2D eigenvalue weighted by molar-refractivity contribution is 5.97. The standard InChI is InChI=1S/C14H24O/c1-10(2)8-11(3)12-6-7-14(4,5)9-13(12)15/h10H,6-9H2,1-5H3/b12-11-. The van der Waals surface area contributed by atoms with Crippen LogP contribution < -0.4 is 0 Å². The van der Waals surface area contributed by atoms with Crippen LogP contribution in [0.15, 0.2) is 11.1 Å². The molecule has 0 amide bonds. The van der Waals surface area contributed by atoms with E-state index < -0.39 is 0 Å². The van der Waals surface area contributed by atoms with Crippen LogP contribution in [0.4, 0.5) is 0 Å². The molecule has 0 aromatic heterocycles. The molecule has 1 nitrogen and oxygen atoms in total. The molecule has 0 saturated heterocycles. The van der Waals surface area contributed by atoms with Crippen LogP contribution >= 0.6 is 0 Å². The number of carbonyl (C=O) groups is 1. The molecule has 0 bridgehead atoms.